The van der Waals surface area contributed by atoms with E-state index in [1.54, 1.807) is 84.9 Å². The number of halogens is 6. The summed E-state index contributed by atoms with van der Waals surface area (Å²) < 4.78 is 66.0. The van der Waals surface area contributed by atoms with E-state index < -0.39 is 6.04 Å². The van der Waals surface area contributed by atoms with E-state index >= 15 is 0 Å². The minimum Gasteiger partial charge on any atom is -0.489 e. The number of hydrogen-bond donors (Lipinski definition) is 2. The zero-order valence-electron chi connectivity index (χ0n) is 37.4. The molecule has 2 atom stereocenters. The smallest absolute Gasteiger partial charge is 0.165 e. The Bertz CT molecular complexity index is 2400. The van der Waals surface area contributed by atoms with Gasteiger partial charge in [-0.05, 0) is 136 Å². The standard InChI is InChI=1S/C27H29ClF2N2O.C14H18FNO2.C13H11ClFN/c28-22-11-9-21(10-12-22)27(23-5-1-2-6-24(23)29)31-19-20-13-15-32(16-14-20)17-18-33-26-8-4-3-7-25(26)30;15-13-3-1-2-4-14(13)18-10-9-16-7-5-12(11-17)6-8-16;14-10-7-5-9(6-8-10)13(16)11-3-1-2-4-12(11)15/h1-12,20,27,31H,13-19H2;1-4,11-12H,5-10H2;1-8,13H,16H2. The molecular formula is C54H58Cl2F4N4O3. The number of nitrogens with one attached hydrogen (secondary N) is 1. The Labute approximate surface area is 401 Å². The molecule has 67 heavy (non-hydrogen) atoms. The summed E-state index contributed by atoms with van der Waals surface area (Å²) in [5.74, 6) is 0.186. The first kappa shape index (κ1) is 51.1. The van der Waals surface area contributed by atoms with Crippen LogP contribution in [0.3, 0.4) is 0 Å². The van der Waals surface area contributed by atoms with Gasteiger partial charge in [-0.1, -0.05) is 108 Å². The van der Waals surface area contributed by atoms with Crippen LogP contribution in [0.4, 0.5) is 17.6 Å². The summed E-state index contributed by atoms with van der Waals surface area (Å²) in [5, 5.41) is 4.91. The molecule has 2 heterocycles. The molecule has 2 saturated heterocycles. The molecule has 7 nitrogen and oxygen atoms in total. The van der Waals surface area contributed by atoms with E-state index in [1.165, 1.54) is 24.3 Å². The molecule has 6 aromatic carbocycles. The van der Waals surface area contributed by atoms with E-state index in [0.29, 0.717) is 51.8 Å². The van der Waals surface area contributed by atoms with Crippen LogP contribution in [0.5, 0.6) is 11.5 Å². The lowest BCUT2D eigenvalue weighted by atomic mass is 9.94. The number of aldehydes is 1. The van der Waals surface area contributed by atoms with Gasteiger partial charge in [0, 0.05) is 40.2 Å². The lowest BCUT2D eigenvalue weighted by molar-refractivity contribution is -0.112. The summed E-state index contributed by atoms with van der Waals surface area (Å²) in [6, 6.07) is 40.4. The molecule has 0 bridgehead atoms. The van der Waals surface area contributed by atoms with E-state index in [2.05, 4.69) is 15.1 Å². The zero-order chi connectivity index (χ0) is 47.4. The molecule has 3 N–H and O–H groups in total. The Morgan fingerprint density at radius 3 is 1.45 bits per heavy atom. The topological polar surface area (TPSA) is 80.1 Å². The van der Waals surface area contributed by atoms with Crippen LogP contribution in [0.1, 0.15) is 60.0 Å². The molecule has 13 heteroatoms. The maximum atomic E-state index is 14.6. The second-order valence-corrected chi connectivity index (χ2v) is 17.5. The molecule has 8 rings (SSSR count). The lowest BCUT2D eigenvalue weighted by Gasteiger charge is -2.33. The summed E-state index contributed by atoms with van der Waals surface area (Å²) in [6.07, 6.45) is 4.99. The van der Waals surface area contributed by atoms with Crippen LogP contribution >= 0.6 is 23.2 Å². The van der Waals surface area contributed by atoms with Crippen LogP contribution in [0.2, 0.25) is 10.0 Å². The molecule has 2 aliphatic heterocycles. The fourth-order valence-corrected chi connectivity index (χ4v) is 8.31. The Morgan fingerprint density at radius 2 is 0.985 bits per heavy atom. The van der Waals surface area contributed by atoms with Crippen LogP contribution in [-0.2, 0) is 4.79 Å². The third kappa shape index (κ3) is 16.2. The highest BCUT2D eigenvalue weighted by atomic mass is 35.5. The number of para-hydroxylation sites is 2. The Kier molecular flexibility index (Phi) is 20.5. The van der Waals surface area contributed by atoms with Crippen molar-refractivity contribution in [1.82, 2.24) is 15.1 Å². The van der Waals surface area contributed by atoms with Crippen molar-refractivity contribution < 1.29 is 31.8 Å². The van der Waals surface area contributed by atoms with Gasteiger partial charge in [-0.15, -0.1) is 0 Å². The van der Waals surface area contributed by atoms with Crippen molar-refractivity contribution in [3.05, 3.63) is 201 Å². The van der Waals surface area contributed by atoms with Gasteiger partial charge in [0.1, 0.15) is 31.1 Å². The SMILES string of the molecule is Fc1ccccc1OCCN1CCC(CNC(c2ccc(Cl)cc2)c2ccccc2F)CC1.NC(c1ccc(Cl)cc1)c1ccccc1F.O=CC1CCN(CCOc2ccccc2F)CC1. The van der Waals surface area contributed by atoms with Crippen molar-refractivity contribution in [2.45, 2.75) is 37.8 Å². The highest BCUT2D eigenvalue weighted by molar-refractivity contribution is 6.30. The van der Waals surface area contributed by atoms with Crippen LogP contribution in [0.25, 0.3) is 0 Å². The molecule has 2 aliphatic rings. The first-order chi connectivity index (χ1) is 32.6. The number of carbonyl (C=O) groups excluding carboxylic acids is 1. The van der Waals surface area contributed by atoms with Gasteiger partial charge in [0.2, 0.25) is 0 Å². The predicted octanol–water partition coefficient (Wildman–Crippen LogP) is 11.7. The van der Waals surface area contributed by atoms with E-state index in [0.717, 1.165) is 88.9 Å². The van der Waals surface area contributed by atoms with Gasteiger partial charge in [0.25, 0.3) is 0 Å². The first-order valence-electron chi connectivity index (χ1n) is 22.7. The summed E-state index contributed by atoms with van der Waals surface area (Å²) in [5.41, 5.74) is 8.95. The average molecular weight is 958 g/mol. The maximum absolute atomic E-state index is 14.6. The molecule has 2 fully saturated rings. The minimum absolute atomic E-state index is 0.213. The van der Waals surface area contributed by atoms with Crippen LogP contribution < -0.4 is 20.5 Å². The molecule has 2 unspecified atom stereocenters. The van der Waals surface area contributed by atoms with Crippen molar-refractivity contribution in [2.24, 2.45) is 17.6 Å². The van der Waals surface area contributed by atoms with Gasteiger partial charge >= 0.3 is 0 Å². The highest BCUT2D eigenvalue weighted by Crippen LogP contribution is 2.28. The zero-order valence-corrected chi connectivity index (χ0v) is 38.9. The second kappa shape index (κ2) is 26.9. The number of hydrogen-bond acceptors (Lipinski definition) is 7. The molecule has 0 saturated carbocycles. The van der Waals surface area contributed by atoms with E-state index in [4.69, 9.17) is 38.4 Å². The van der Waals surface area contributed by atoms with Crippen LogP contribution in [0.15, 0.2) is 146 Å². The number of nitrogens with two attached hydrogens (primary N) is 1. The van der Waals surface area contributed by atoms with E-state index in [1.807, 2.05) is 36.4 Å². The third-order valence-electron chi connectivity index (χ3n) is 12.0. The van der Waals surface area contributed by atoms with Gasteiger partial charge < -0.3 is 25.3 Å². The van der Waals surface area contributed by atoms with Gasteiger partial charge in [0.05, 0.1) is 12.1 Å². The molecule has 0 amide bonds. The molecule has 0 aliphatic carbocycles. The van der Waals surface area contributed by atoms with Gasteiger partial charge in [0.15, 0.2) is 23.1 Å². The van der Waals surface area contributed by atoms with Crippen LogP contribution in [0, 0.1) is 35.1 Å². The maximum Gasteiger partial charge on any atom is 0.165 e. The molecule has 6 aromatic rings. The third-order valence-corrected chi connectivity index (χ3v) is 12.5. The second-order valence-electron chi connectivity index (χ2n) is 16.6. The first-order valence-corrected chi connectivity index (χ1v) is 23.5. The monoisotopic (exact) mass is 956 g/mol. The largest absolute Gasteiger partial charge is 0.489 e. The van der Waals surface area contributed by atoms with Crippen LogP contribution in [-0.4, -0.2) is 75.1 Å². The number of benzene rings is 6. The molecule has 354 valence electrons. The Hall–Kier alpha value is -5.27. The molecular weight excluding hydrogens is 900 g/mol. The summed E-state index contributed by atoms with van der Waals surface area (Å²) in [4.78, 5) is 15.2. The molecule has 0 spiro atoms. The fourth-order valence-electron chi connectivity index (χ4n) is 8.05. The van der Waals surface area contributed by atoms with Gasteiger partial charge in [-0.3, -0.25) is 9.80 Å². The number of rotatable bonds is 16. The average Bonchev–Trinajstić information content (AvgIpc) is 3.35. The van der Waals surface area contributed by atoms with Crippen molar-refractivity contribution in [2.75, 3.05) is 59.0 Å². The van der Waals surface area contributed by atoms with Crippen molar-refractivity contribution >= 4 is 29.5 Å². The van der Waals surface area contributed by atoms with Gasteiger partial charge in [-0.2, -0.15) is 0 Å². The Morgan fingerprint density at radius 1 is 0.567 bits per heavy atom. The van der Waals surface area contributed by atoms with E-state index in [9.17, 15) is 22.4 Å². The van der Waals surface area contributed by atoms with Crippen molar-refractivity contribution in [3.63, 3.8) is 0 Å². The number of ether oxygens (including phenoxy) is 2. The number of piperidine rings is 2. The predicted molar refractivity (Wildman–Crippen MR) is 260 cm³/mol. The molecule has 0 radical (unpaired) electrons. The summed E-state index contributed by atoms with van der Waals surface area (Å²) in [7, 11) is 0. The van der Waals surface area contributed by atoms with Crippen molar-refractivity contribution in [1.29, 1.82) is 0 Å². The van der Waals surface area contributed by atoms with Gasteiger partial charge in [-0.25, -0.2) is 17.6 Å². The lowest BCUT2D eigenvalue weighted by Crippen LogP contribution is -2.40. The van der Waals surface area contributed by atoms with Crippen molar-refractivity contribution in [3.8, 4) is 11.5 Å². The summed E-state index contributed by atoms with van der Waals surface area (Å²) in [6.45, 7) is 7.09. The number of carbonyl (C=O) groups is 1. The normalized spacial score (nSPS) is 15.6. The molecule has 0 aromatic heterocycles. The minimum atomic E-state index is -0.460. The van der Waals surface area contributed by atoms with E-state index in [-0.39, 0.29) is 35.2 Å². The highest BCUT2D eigenvalue weighted by Gasteiger charge is 2.23. The summed E-state index contributed by atoms with van der Waals surface area (Å²) >= 11 is 11.8. The Balaban J connectivity index is 0.000000183. The number of nitrogens with zero attached hydrogens (tertiary/aromatic N) is 2. The quantitative estimate of drug-likeness (QED) is 0.0739. The fraction of sp³-hybridized carbons (Fsp3) is 0.315. The number of likely N-dealkylation sites (tertiary alicyclic amines) is 2.